The van der Waals surface area contributed by atoms with Crippen molar-refractivity contribution in [2.45, 2.75) is 50.6 Å². The topological polar surface area (TPSA) is 78.4 Å². The van der Waals surface area contributed by atoms with E-state index in [0.717, 1.165) is 31.2 Å². The molecule has 1 aliphatic carbocycles. The summed E-state index contributed by atoms with van der Waals surface area (Å²) in [6.45, 7) is 0. The maximum atomic E-state index is 11.8. The average Bonchev–Trinajstić information content (AvgIpc) is 2.97. The van der Waals surface area contributed by atoms with Crippen LogP contribution in [-0.4, -0.2) is 29.2 Å². The average molecular weight is 290 g/mol. The predicted octanol–water partition coefficient (Wildman–Crippen LogP) is 2.31. The summed E-state index contributed by atoms with van der Waals surface area (Å²) < 4.78 is 0. The normalized spacial score (nSPS) is 16.4. The van der Waals surface area contributed by atoms with Gasteiger partial charge in [-0.3, -0.25) is 0 Å². The van der Waals surface area contributed by atoms with Crippen molar-refractivity contribution >= 4 is 12.0 Å². The van der Waals surface area contributed by atoms with Crippen LogP contribution in [-0.2, 0) is 11.2 Å². The second kappa shape index (κ2) is 7.67. The Morgan fingerprint density at radius 2 is 1.86 bits per heavy atom. The monoisotopic (exact) mass is 290 g/mol. The van der Waals surface area contributed by atoms with Crippen LogP contribution >= 0.6 is 0 Å². The Hall–Kier alpha value is -2.04. The van der Waals surface area contributed by atoms with Crippen molar-refractivity contribution in [1.29, 1.82) is 0 Å². The summed E-state index contributed by atoms with van der Waals surface area (Å²) in [5.74, 6) is -0.993. The number of amides is 2. The van der Waals surface area contributed by atoms with Gasteiger partial charge in [-0.2, -0.15) is 0 Å². The first kappa shape index (κ1) is 15.4. The second-order valence-corrected chi connectivity index (χ2v) is 5.51. The molecule has 0 aliphatic heterocycles. The number of aryl methyl sites for hydroxylation is 1. The third kappa shape index (κ3) is 5.10. The van der Waals surface area contributed by atoms with Crippen LogP contribution in [0.25, 0.3) is 0 Å². The molecule has 21 heavy (non-hydrogen) atoms. The zero-order valence-electron chi connectivity index (χ0n) is 12.0. The Labute approximate surface area is 124 Å². The minimum absolute atomic E-state index is 0.188. The Kier molecular flexibility index (Phi) is 5.60. The molecule has 1 saturated carbocycles. The van der Waals surface area contributed by atoms with Crippen molar-refractivity contribution < 1.29 is 14.7 Å². The SMILES string of the molecule is O=C(NC1CCCC1)N[C@@H](CCc1ccccc1)C(=O)O. The standard InChI is InChI=1S/C16H22N2O3/c19-15(20)14(11-10-12-6-2-1-3-7-12)18-16(21)17-13-8-4-5-9-13/h1-3,6-7,13-14H,4-5,8-11H2,(H,19,20)(H2,17,18,21)/t14-/m0/s1. The molecule has 2 amide bonds. The van der Waals surface area contributed by atoms with E-state index in [0.29, 0.717) is 12.8 Å². The molecule has 0 radical (unpaired) electrons. The molecule has 114 valence electrons. The minimum atomic E-state index is -0.993. The van der Waals surface area contributed by atoms with E-state index in [1.54, 1.807) is 0 Å². The van der Waals surface area contributed by atoms with Gasteiger partial charge < -0.3 is 15.7 Å². The highest BCUT2D eigenvalue weighted by molar-refractivity contribution is 5.82. The van der Waals surface area contributed by atoms with Gasteiger partial charge in [-0.25, -0.2) is 9.59 Å². The smallest absolute Gasteiger partial charge is 0.326 e. The van der Waals surface area contributed by atoms with Gasteiger partial charge in [0.05, 0.1) is 0 Å². The van der Waals surface area contributed by atoms with Crippen molar-refractivity contribution in [3.63, 3.8) is 0 Å². The number of carbonyl (C=O) groups is 2. The molecule has 1 atom stereocenters. The lowest BCUT2D eigenvalue weighted by molar-refractivity contribution is -0.139. The highest BCUT2D eigenvalue weighted by Gasteiger charge is 2.22. The lowest BCUT2D eigenvalue weighted by Crippen LogP contribution is -2.48. The van der Waals surface area contributed by atoms with E-state index in [4.69, 9.17) is 0 Å². The van der Waals surface area contributed by atoms with Crippen molar-refractivity contribution in [3.8, 4) is 0 Å². The molecule has 5 heteroatoms. The summed E-state index contributed by atoms with van der Waals surface area (Å²) in [7, 11) is 0. The number of urea groups is 1. The highest BCUT2D eigenvalue weighted by atomic mass is 16.4. The largest absolute Gasteiger partial charge is 0.480 e. The van der Waals surface area contributed by atoms with Gasteiger partial charge in [0.1, 0.15) is 6.04 Å². The first-order chi connectivity index (χ1) is 10.1. The molecule has 1 fully saturated rings. The van der Waals surface area contributed by atoms with Gasteiger partial charge in [-0.15, -0.1) is 0 Å². The van der Waals surface area contributed by atoms with Gasteiger partial charge in [0.2, 0.25) is 0 Å². The molecule has 0 unspecified atom stereocenters. The van der Waals surface area contributed by atoms with Crippen LogP contribution in [0.2, 0.25) is 0 Å². The summed E-state index contributed by atoms with van der Waals surface area (Å²) >= 11 is 0. The van der Waals surface area contributed by atoms with E-state index >= 15 is 0 Å². The number of benzene rings is 1. The van der Waals surface area contributed by atoms with Crippen LogP contribution < -0.4 is 10.6 Å². The van der Waals surface area contributed by atoms with Gasteiger partial charge in [0.15, 0.2) is 0 Å². The summed E-state index contributed by atoms with van der Waals surface area (Å²) in [6.07, 6.45) is 5.23. The van der Waals surface area contributed by atoms with Gasteiger partial charge in [-0.1, -0.05) is 43.2 Å². The van der Waals surface area contributed by atoms with Gasteiger partial charge in [-0.05, 0) is 31.2 Å². The Morgan fingerprint density at radius 1 is 1.19 bits per heavy atom. The maximum Gasteiger partial charge on any atom is 0.326 e. The van der Waals surface area contributed by atoms with Crippen LogP contribution in [0.1, 0.15) is 37.7 Å². The highest BCUT2D eigenvalue weighted by Crippen LogP contribution is 2.17. The third-order valence-electron chi connectivity index (χ3n) is 3.86. The number of hydrogen-bond acceptors (Lipinski definition) is 2. The molecule has 1 aromatic carbocycles. The number of aliphatic carboxylic acids is 1. The second-order valence-electron chi connectivity index (χ2n) is 5.51. The number of carboxylic acids is 1. The van der Waals surface area contributed by atoms with E-state index in [1.165, 1.54) is 0 Å². The van der Waals surface area contributed by atoms with Gasteiger partial charge in [0.25, 0.3) is 0 Å². The lowest BCUT2D eigenvalue weighted by atomic mass is 10.1. The molecule has 0 saturated heterocycles. The molecule has 3 N–H and O–H groups in total. The summed E-state index contributed by atoms with van der Waals surface area (Å²) in [5.41, 5.74) is 1.07. The predicted molar refractivity (Wildman–Crippen MR) is 80.1 cm³/mol. The molecule has 5 nitrogen and oxygen atoms in total. The molecular weight excluding hydrogens is 268 g/mol. The van der Waals surface area contributed by atoms with Gasteiger partial charge in [0, 0.05) is 6.04 Å². The van der Waals surface area contributed by atoms with Crippen molar-refractivity contribution in [2.75, 3.05) is 0 Å². The fraction of sp³-hybridized carbons (Fsp3) is 0.500. The maximum absolute atomic E-state index is 11.8. The molecule has 0 heterocycles. The Morgan fingerprint density at radius 3 is 2.48 bits per heavy atom. The minimum Gasteiger partial charge on any atom is -0.480 e. The number of carboxylic acid groups (broad SMARTS) is 1. The molecule has 0 aromatic heterocycles. The zero-order chi connectivity index (χ0) is 15.1. The summed E-state index contributed by atoms with van der Waals surface area (Å²) in [4.78, 5) is 23.1. The van der Waals surface area contributed by atoms with Crippen LogP contribution in [0.4, 0.5) is 4.79 Å². The Bertz CT molecular complexity index is 470. The molecular formula is C16H22N2O3. The third-order valence-corrected chi connectivity index (χ3v) is 3.86. The molecule has 1 aromatic rings. The van der Waals surface area contributed by atoms with Crippen molar-refractivity contribution in [2.24, 2.45) is 0 Å². The fourth-order valence-electron chi connectivity index (χ4n) is 2.67. The first-order valence-electron chi connectivity index (χ1n) is 7.49. The van der Waals surface area contributed by atoms with Crippen LogP contribution in [0.5, 0.6) is 0 Å². The first-order valence-corrected chi connectivity index (χ1v) is 7.49. The van der Waals surface area contributed by atoms with Crippen LogP contribution in [0.3, 0.4) is 0 Å². The quantitative estimate of drug-likeness (QED) is 0.752. The van der Waals surface area contributed by atoms with Crippen molar-refractivity contribution in [3.05, 3.63) is 35.9 Å². The number of nitrogens with one attached hydrogen (secondary N) is 2. The van der Waals surface area contributed by atoms with Gasteiger partial charge >= 0.3 is 12.0 Å². The molecule has 1 aliphatic rings. The number of carbonyl (C=O) groups excluding carboxylic acids is 1. The summed E-state index contributed by atoms with van der Waals surface area (Å²) in [6, 6.07) is 8.64. The fourth-order valence-corrected chi connectivity index (χ4v) is 2.67. The van der Waals surface area contributed by atoms with E-state index in [9.17, 15) is 14.7 Å². The van der Waals surface area contributed by atoms with Crippen LogP contribution in [0.15, 0.2) is 30.3 Å². The lowest BCUT2D eigenvalue weighted by Gasteiger charge is -2.17. The molecule has 0 spiro atoms. The van der Waals surface area contributed by atoms with E-state index in [-0.39, 0.29) is 12.1 Å². The molecule has 2 rings (SSSR count). The van der Waals surface area contributed by atoms with Crippen LogP contribution in [0, 0.1) is 0 Å². The van der Waals surface area contributed by atoms with E-state index < -0.39 is 12.0 Å². The zero-order valence-corrected chi connectivity index (χ0v) is 12.0. The van der Waals surface area contributed by atoms with E-state index in [1.807, 2.05) is 30.3 Å². The van der Waals surface area contributed by atoms with Crippen molar-refractivity contribution in [1.82, 2.24) is 10.6 Å². The Balaban J connectivity index is 1.81. The number of rotatable bonds is 6. The molecule has 0 bridgehead atoms. The number of hydrogen-bond donors (Lipinski definition) is 3. The summed E-state index contributed by atoms with van der Waals surface area (Å²) in [5, 5.41) is 14.6. The van der Waals surface area contributed by atoms with E-state index in [2.05, 4.69) is 10.6 Å².